The molecule has 0 radical (unpaired) electrons. The van der Waals surface area contributed by atoms with E-state index in [2.05, 4.69) is 29.3 Å². The summed E-state index contributed by atoms with van der Waals surface area (Å²) >= 11 is 0. The predicted molar refractivity (Wildman–Crippen MR) is 111 cm³/mol. The van der Waals surface area contributed by atoms with Crippen LogP contribution in [0.25, 0.3) is 0 Å². The lowest BCUT2D eigenvalue weighted by Crippen LogP contribution is -2.34. The van der Waals surface area contributed by atoms with Gasteiger partial charge in [-0.25, -0.2) is 0 Å². The number of amides is 1. The van der Waals surface area contributed by atoms with Crippen LogP contribution in [0.2, 0.25) is 0 Å². The largest absolute Gasteiger partial charge is 0.494 e. The third-order valence-corrected chi connectivity index (χ3v) is 5.06. The first-order valence-corrected chi connectivity index (χ1v) is 10.0. The van der Waals surface area contributed by atoms with Crippen LogP contribution in [0.15, 0.2) is 42.5 Å². The number of nitrogens with one attached hydrogen (secondary N) is 1. The van der Waals surface area contributed by atoms with E-state index in [1.807, 2.05) is 44.4 Å². The number of ether oxygens (including phenoxy) is 2. The fraction of sp³-hybridized carbons (Fsp3) is 0.435. The van der Waals surface area contributed by atoms with E-state index in [9.17, 15) is 4.79 Å². The minimum atomic E-state index is -0.0727. The van der Waals surface area contributed by atoms with E-state index in [1.165, 1.54) is 11.1 Å². The van der Waals surface area contributed by atoms with E-state index in [4.69, 9.17) is 9.47 Å². The minimum absolute atomic E-state index is 0.0727. The monoisotopic (exact) mass is 382 g/mol. The Morgan fingerprint density at radius 2 is 2.00 bits per heavy atom. The Hall–Kier alpha value is -2.53. The molecule has 150 valence electrons. The molecule has 0 spiro atoms. The van der Waals surface area contributed by atoms with Gasteiger partial charge < -0.3 is 19.7 Å². The van der Waals surface area contributed by atoms with Gasteiger partial charge in [0.05, 0.1) is 19.3 Å². The Morgan fingerprint density at radius 3 is 2.71 bits per heavy atom. The highest BCUT2D eigenvalue weighted by Gasteiger charge is 2.19. The fourth-order valence-corrected chi connectivity index (χ4v) is 3.34. The first-order chi connectivity index (χ1) is 13.6. The van der Waals surface area contributed by atoms with Crippen molar-refractivity contribution in [1.29, 1.82) is 0 Å². The van der Waals surface area contributed by atoms with Crippen molar-refractivity contribution in [2.45, 2.75) is 32.2 Å². The molecule has 1 atom stereocenters. The number of hydrogen-bond donors (Lipinski definition) is 1. The number of carbonyl (C=O) groups excluding carboxylic acids is 1. The smallest absolute Gasteiger partial charge is 0.251 e. The standard InChI is InChI=1S/C23H30N2O3/c1-4-5-13-27-20-9-6-17(7-10-20)23(26)24-16-21(25(2)3)18-8-11-22-19(15-18)12-14-28-22/h6-11,15,21H,4-5,12-14,16H2,1-3H3,(H,24,26). The third kappa shape index (κ3) is 5.04. The number of fused-ring (bicyclic) bond motifs is 1. The van der Waals surface area contributed by atoms with Crippen molar-refractivity contribution in [2.75, 3.05) is 33.9 Å². The Balaban J connectivity index is 1.59. The topological polar surface area (TPSA) is 50.8 Å². The van der Waals surface area contributed by atoms with Gasteiger partial charge >= 0.3 is 0 Å². The summed E-state index contributed by atoms with van der Waals surface area (Å²) in [4.78, 5) is 14.7. The minimum Gasteiger partial charge on any atom is -0.494 e. The zero-order valence-electron chi connectivity index (χ0n) is 17.0. The van der Waals surface area contributed by atoms with Crippen molar-refractivity contribution < 1.29 is 14.3 Å². The lowest BCUT2D eigenvalue weighted by Gasteiger charge is -2.25. The van der Waals surface area contributed by atoms with Crippen LogP contribution in [0.4, 0.5) is 0 Å². The number of nitrogens with zero attached hydrogens (tertiary/aromatic N) is 1. The SMILES string of the molecule is CCCCOc1ccc(C(=O)NCC(c2ccc3c(c2)CCO3)N(C)C)cc1. The molecule has 2 aromatic rings. The quantitative estimate of drug-likeness (QED) is 0.670. The Morgan fingerprint density at radius 1 is 1.21 bits per heavy atom. The number of unbranched alkanes of at least 4 members (excludes halogenated alkanes) is 1. The molecule has 3 rings (SSSR count). The van der Waals surface area contributed by atoms with Crippen LogP contribution in [0.5, 0.6) is 11.5 Å². The van der Waals surface area contributed by atoms with Gasteiger partial charge in [0.2, 0.25) is 0 Å². The first-order valence-electron chi connectivity index (χ1n) is 10.0. The summed E-state index contributed by atoms with van der Waals surface area (Å²) in [7, 11) is 4.06. The number of likely N-dealkylation sites (N-methyl/N-ethyl adjacent to an activating group) is 1. The van der Waals surface area contributed by atoms with Gasteiger partial charge in [-0.3, -0.25) is 4.79 Å². The summed E-state index contributed by atoms with van der Waals surface area (Å²) < 4.78 is 11.3. The second-order valence-corrected chi connectivity index (χ2v) is 7.38. The van der Waals surface area contributed by atoms with E-state index in [-0.39, 0.29) is 11.9 Å². The maximum absolute atomic E-state index is 12.6. The first kappa shape index (κ1) is 20.2. The average molecular weight is 383 g/mol. The van der Waals surface area contributed by atoms with Crippen LogP contribution in [-0.4, -0.2) is 44.7 Å². The van der Waals surface area contributed by atoms with E-state index in [1.54, 1.807) is 0 Å². The second kappa shape index (κ2) is 9.60. The molecule has 28 heavy (non-hydrogen) atoms. The van der Waals surface area contributed by atoms with Crippen molar-refractivity contribution in [3.8, 4) is 11.5 Å². The Bertz CT molecular complexity index is 787. The lowest BCUT2D eigenvalue weighted by molar-refractivity contribution is 0.0942. The molecule has 0 aliphatic carbocycles. The molecule has 0 bridgehead atoms. The van der Waals surface area contributed by atoms with E-state index in [0.717, 1.165) is 37.4 Å². The van der Waals surface area contributed by atoms with Gasteiger partial charge in [-0.15, -0.1) is 0 Å². The maximum atomic E-state index is 12.6. The summed E-state index contributed by atoms with van der Waals surface area (Å²) in [5.41, 5.74) is 3.08. The highest BCUT2D eigenvalue weighted by atomic mass is 16.5. The van der Waals surface area contributed by atoms with Gasteiger partial charge in [0.25, 0.3) is 5.91 Å². The molecule has 5 heteroatoms. The van der Waals surface area contributed by atoms with Crippen molar-refractivity contribution in [3.63, 3.8) is 0 Å². The van der Waals surface area contributed by atoms with Crippen molar-refractivity contribution in [1.82, 2.24) is 10.2 Å². The molecule has 5 nitrogen and oxygen atoms in total. The van der Waals surface area contributed by atoms with Crippen molar-refractivity contribution in [3.05, 3.63) is 59.2 Å². The zero-order valence-corrected chi connectivity index (χ0v) is 17.0. The lowest BCUT2D eigenvalue weighted by atomic mass is 10.0. The molecule has 1 N–H and O–H groups in total. The normalized spacial score (nSPS) is 13.7. The molecule has 0 saturated carbocycles. The predicted octanol–water partition coefficient (Wildman–Crippen LogP) is 3.83. The molecule has 0 saturated heterocycles. The number of rotatable bonds is 9. The van der Waals surface area contributed by atoms with Crippen LogP contribution in [-0.2, 0) is 6.42 Å². The van der Waals surface area contributed by atoms with Gasteiger partial charge in [0.1, 0.15) is 11.5 Å². The Kier molecular flexibility index (Phi) is 6.93. The molecule has 1 amide bonds. The average Bonchev–Trinajstić information content (AvgIpc) is 3.16. The van der Waals surface area contributed by atoms with Crippen LogP contribution < -0.4 is 14.8 Å². The molecule has 1 heterocycles. The zero-order chi connectivity index (χ0) is 19.9. The van der Waals surface area contributed by atoms with Gasteiger partial charge in [-0.2, -0.15) is 0 Å². The number of carbonyl (C=O) groups is 1. The molecule has 0 aromatic heterocycles. The van der Waals surface area contributed by atoms with Crippen LogP contribution in [0.1, 0.15) is 47.3 Å². The number of benzene rings is 2. The van der Waals surface area contributed by atoms with Crippen LogP contribution in [0, 0.1) is 0 Å². The Labute approximate surface area is 167 Å². The van der Waals surface area contributed by atoms with E-state index >= 15 is 0 Å². The summed E-state index contributed by atoms with van der Waals surface area (Å²) in [6.07, 6.45) is 3.08. The molecular weight excluding hydrogens is 352 g/mol. The highest BCUT2D eigenvalue weighted by molar-refractivity contribution is 5.94. The van der Waals surface area contributed by atoms with Crippen LogP contribution in [0.3, 0.4) is 0 Å². The van der Waals surface area contributed by atoms with Crippen molar-refractivity contribution >= 4 is 5.91 Å². The number of hydrogen-bond acceptors (Lipinski definition) is 4. The van der Waals surface area contributed by atoms with Crippen LogP contribution >= 0.6 is 0 Å². The molecule has 2 aromatic carbocycles. The summed E-state index contributed by atoms with van der Waals surface area (Å²) in [5.74, 6) is 1.71. The molecule has 0 fully saturated rings. The summed E-state index contributed by atoms with van der Waals surface area (Å²) in [6, 6.07) is 13.8. The highest BCUT2D eigenvalue weighted by Crippen LogP contribution is 2.29. The van der Waals surface area contributed by atoms with E-state index in [0.29, 0.717) is 18.7 Å². The van der Waals surface area contributed by atoms with Gasteiger partial charge in [0.15, 0.2) is 0 Å². The van der Waals surface area contributed by atoms with Gasteiger partial charge in [0, 0.05) is 18.5 Å². The molecule has 1 aliphatic heterocycles. The summed E-state index contributed by atoms with van der Waals surface area (Å²) in [5, 5.41) is 3.07. The van der Waals surface area contributed by atoms with E-state index < -0.39 is 0 Å². The maximum Gasteiger partial charge on any atom is 0.251 e. The molecule has 1 unspecified atom stereocenters. The third-order valence-electron chi connectivity index (χ3n) is 5.06. The molecular formula is C23H30N2O3. The van der Waals surface area contributed by atoms with Gasteiger partial charge in [-0.05, 0) is 62.0 Å². The second-order valence-electron chi connectivity index (χ2n) is 7.38. The molecule has 1 aliphatic rings. The fourth-order valence-electron chi connectivity index (χ4n) is 3.34. The van der Waals surface area contributed by atoms with Crippen molar-refractivity contribution in [2.24, 2.45) is 0 Å². The summed E-state index contributed by atoms with van der Waals surface area (Å²) in [6.45, 7) is 4.13. The van der Waals surface area contributed by atoms with Gasteiger partial charge in [-0.1, -0.05) is 25.5 Å².